The van der Waals surface area contributed by atoms with Crippen LogP contribution in [-0.4, -0.2) is 22.4 Å². The molecule has 56 valence electrons. The predicted octanol–water partition coefficient (Wildman–Crippen LogP) is 0.0883. The van der Waals surface area contributed by atoms with Crippen LogP contribution < -0.4 is 5.73 Å². The van der Waals surface area contributed by atoms with Crippen molar-refractivity contribution in [2.45, 2.75) is 24.9 Å². The fourth-order valence-electron chi connectivity index (χ4n) is 1.64. The van der Waals surface area contributed by atoms with E-state index in [9.17, 15) is 4.79 Å². The molecular weight excluding hydrogens is 152 g/mol. The van der Waals surface area contributed by atoms with Gasteiger partial charge in [-0.3, -0.25) is 4.79 Å². The molecule has 2 fully saturated rings. The lowest BCUT2D eigenvalue weighted by Crippen LogP contribution is -2.37. The molecule has 2 aliphatic rings. The van der Waals surface area contributed by atoms with Gasteiger partial charge in [0.2, 0.25) is 5.91 Å². The van der Waals surface area contributed by atoms with Crippen LogP contribution in [0.4, 0.5) is 0 Å². The minimum Gasteiger partial charge on any atom is -0.368 e. The van der Waals surface area contributed by atoms with E-state index in [0.29, 0.717) is 12.0 Å². The first-order valence-electron chi connectivity index (χ1n) is 3.43. The molecule has 0 aromatic heterocycles. The van der Waals surface area contributed by atoms with Crippen molar-refractivity contribution in [3.8, 4) is 0 Å². The van der Waals surface area contributed by atoms with Crippen LogP contribution in [0.15, 0.2) is 0 Å². The van der Waals surface area contributed by atoms with E-state index in [-0.39, 0.29) is 11.9 Å². The van der Waals surface area contributed by atoms with Crippen LogP contribution in [0, 0.1) is 5.92 Å². The van der Waals surface area contributed by atoms with Gasteiger partial charge < -0.3 is 5.73 Å². The summed E-state index contributed by atoms with van der Waals surface area (Å²) < 4.78 is 1.59. The van der Waals surface area contributed by atoms with Crippen LogP contribution in [-0.2, 0) is 4.79 Å². The van der Waals surface area contributed by atoms with Gasteiger partial charge in [-0.15, -0.1) is 0 Å². The van der Waals surface area contributed by atoms with Crippen molar-refractivity contribution in [2.75, 3.05) is 0 Å². The average Bonchev–Trinajstić information content (AvgIpc) is 2.54. The molecule has 2 N–H and O–H groups in total. The zero-order chi connectivity index (χ0) is 7.30. The zero-order valence-electron chi connectivity index (χ0n) is 5.46. The molecular formula is C6H9ClN2O. The van der Waals surface area contributed by atoms with Crippen LogP contribution in [0.3, 0.4) is 0 Å². The molecule has 1 aliphatic heterocycles. The third kappa shape index (κ3) is 0.739. The van der Waals surface area contributed by atoms with Gasteiger partial charge in [0, 0.05) is 6.04 Å². The van der Waals surface area contributed by atoms with Gasteiger partial charge in [-0.25, -0.2) is 4.42 Å². The summed E-state index contributed by atoms with van der Waals surface area (Å²) in [5.74, 6) is 0.359. The lowest BCUT2D eigenvalue weighted by atomic mass is 10.2. The summed E-state index contributed by atoms with van der Waals surface area (Å²) in [6.45, 7) is 0. The van der Waals surface area contributed by atoms with E-state index in [0.717, 1.165) is 12.8 Å². The number of amides is 1. The zero-order valence-corrected chi connectivity index (χ0v) is 6.21. The smallest absolute Gasteiger partial charge is 0.236 e. The van der Waals surface area contributed by atoms with Crippen LogP contribution in [0.2, 0.25) is 0 Å². The number of hydrogen-bond donors (Lipinski definition) is 1. The van der Waals surface area contributed by atoms with Crippen LogP contribution in [0.25, 0.3) is 0 Å². The maximum absolute atomic E-state index is 10.7. The number of halogens is 1. The van der Waals surface area contributed by atoms with Crippen molar-refractivity contribution < 1.29 is 4.79 Å². The molecule has 2 rings (SSSR count). The Morgan fingerprint density at radius 1 is 1.60 bits per heavy atom. The third-order valence-corrected chi connectivity index (χ3v) is 2.84. The van der Waals surface area contributed by atoms with Gasteiger partial charge >= 0.3 is 0 Å². The third-order valence-electron chi connectivity index (χ3n) is 2.35. The number of fused-ring (bicyclic) bond motifs is 1. The Morgan fingerprint density at radius 2 is 2.30 bits per heavy atom. The van der Waals surface area contributed by atoms with Gasteiger partial charge in [0.1, 0.15) is 6.04 Å². The molecule has 3 atom stereocenters. The Hall–Kier alpha value is -0.280. The van der Waals surface area contributed by atoms with E-state index in [2.05, 4.69) is 0 Å². The van der Waals surface area contributed by atoms with Crippen LogP contribution in [0.5, 0.6) is 0 Å². The van der Waals surface area contributed by atoms with E-state index in [1.807, 2.05) is 0 Å². The Labute approximate surface area is 64.2 Å². The Balaban J connectivity index is 2.07. The van der Waals surface area contributed by atoms with Gasteiger partial charge in [-0.2, -0.15) is 0 Å². The van der Waals surface area contributed by atoms with Gasteiger partial charge in [0.25, 0.3) is 0 Å². The highest BCUT2D eigenvalue weighted by Gasteiger charge is 2.53. The van der Waals surface area contributed by atoms with Crippen molar-refractivity contribution in [1.82, 2.24) is 4.42 Å². The molecule has 1 unspecified atom stereocenters. The second-order valence-electron chi connectivity index (χ2n) is 3.06. The monoisotopic (exact) mass is 160 g/mol. The molecule has 0 spiro atoms. The summed E-state index contributed by atoms with van der Waals surface area (Å²) in [4.78, 5) is 10.7. The summed E-state index contributed by atoms with van der Waals surface area (Å²) in [5.41, 5.74) is 5.11. The van der Waals surface area contributed by atoms with Gasteiger partial charge in [0.05, 0.1) is 0 Å². The number of primary amides is 1. The summed E-state index contributed by atoms with van der Waals surface area (Å²) in [7, 11) is 0. The van der Waals surface area contributed by atoms with Crippen molar-refractivity contribution in [3.05, 3.63) is 0 Å². The van der Waals surface area contributed by atoms with Crippen LogP contribution in [0.1, 0.15) is 12.8 Å². The minimum absolute atomic E-state index is 0.203. The number of carbonyl (C=O) groups is 1. The van der Waals surface area contributed by atoms with Crippen molar-refractivity contribution in [3.63, 3.8) is 0 Å². The molecule has 1 heterocycles. The van der Waals surface area contributed by atoms with Crippen molar-refractivity contribution in [2.24, 2.45) is 11.7 Å². The fraction of sp³-hybridized carbons (Fsp3) is 0.833. The molecule has 1 amide bonds. The molecule has 1 saturated heterocycles. The number of piperidine rings is 1. The number of carbonyl (C=O) groups excluding carboxylic acids is 1. The Bertz CT molecular complexity index is 185. The van der Waals surface area contributed by atoms with Gasteiger partial charge in [-0.1, -0.05) is 0 Å². The predicted molar refractivity (Wildman–Crippen MR) is 37.2 cm³/mol. The molecule has 0 bridgehead atoms. The molecule has 0 aromatic carbocycles. The molecule has 10 heavy (non-hydrogen) atoms. The Kier molecular flexibility index (Phi) is 1.20. The quantitative estimate of drug-likeness (QED) is 0.553. The normalized spacial score (nSPS) is 45.1. The van der Waals surface area contributed by atoms with Crippen LogP contribution >= 0.6 is 11.8 Å². The SMILES string of the molecule is NC(=O)[C@@H]1CC2C[C@@H]2N1Cl. The second-order valence-corrected chi connectivity index (χ2v) is 3.45. The second kappa shape index (κ2) is 1.86. The highest BCUT2D eigenvalue weighted by atomic mass is 35.5. The minimum atomic E-state index is -0.290. The van der Waals surface area contributed by atoms with E-state index in [1.54, 1.807) is 4.42 Å². The first-order chi connectivity index (χ1) is 4.70. The summed E-state index contributed by atoms with van der Waals surface area (Å²) in [6.07, 6.45) is 2.01. The molecule has 1 aliphatic carbocycles. The lowest BCUT2D eigenvalue weighted by Gasteiger charge is -2.15. The van der Waals surface area contributed by atoms with Crippen molar-refractivity contribution >= 4 is 17.7 Å². The van der Waals surface area contributed by atoms with Crippen molar-refractivity contribution in [1.29, 1.82) is 0 Å². The number of hydrogen-bond acceptors (Lipinski definition) is 2. The van der Waals surface area contributed by atoms with E-state index in [1.165, 1.54) is 0 Å². The number of nitrogens with zero attached hydrogens (tertiary/aromatic N) is 1. The highest BCUT2D eigenvalue weighted by molar-refractivity contribution is 6.15. The van der Waals surface area contributed by atoms with Gasteiger partial charge in [0.15, 0.2) is 0 Å². The van der Waals surface area contributed by atoms with E-state index < -0.39 is 0 Å². The molecule has 1 saturated carbocycles. The summed E-state index contributed by atoms with van der Waals surface area (Å²) in [5, 5.41) is 0. The maximum Gasteiger partial charge on any atom is 0.236 e. The Morgan fingerprint density at radius 3 is 2.60 bits per heavy atom. The summed E-state index contributed by atoms with van der Waals surface area (Å²) in [6, 6.07) is 0.240. The number of nitrogens with two attached hydrogens (primary N) is 1. The lowest BCUT2D eigenvalue weighted by molar-refractivity contribution is -0.121. The topological polar surface area (TPSA) is 46.3 Å². The fourth-order valence-corrected chi connectivity index (χ4v) is 2.06. The summed E-state index contributed by atoms with van der Waals surface area (Å²) >= 11 is 5.80. The molecule has 4 heteroatoms. The molecule has 0 aromatic rings. The standard InChI is InChI=1S/C6H9ClN2O/c7-9-4-1-3(4)2-5(9)6(8)10/h3-5H,1-2H2,(H2,8,10)/t3?,4-,5-/m0/s1. The number of rotatable bonds is 1. The first-order valence-corrected chi connectivity index (χ1v) is 3.77. The van der Waals surface area contributed by atoms with E-state index >= 15 is 0 Å². The highest BCUT2D eigenvalue weighted by Crippen LogP contribution is 2.48. The first kappa shape index (κ1) is 6.43. The van der Waals surface area contributed by atoms with Gasteiger partial charge in [-0.05, 0) is 30.5 Å². The maximum atomic E-state index is 10.7. The molecule has 3 nitrogen and oxygen atoms in total. The molecule has 0 radical (unpaired) electrons. The van der Waals surface area contributed by atoms with E-state index in [4.69, 9.17) is 17.5 Å². The average molecular weight is 161 g/mol. The largest absolute Gasteiger partial charge is 0.368 e.